The molecule has 1 heterocycles. The third-order valence-corrected chi connectivity index (χ3v) is 2.35. The van der Waals surface area contributed by atoms with Gasteiger partial charge in [0.05, 0.1) is 12.2 Å². The van der Waals surface area contributed by atoms with Gasteiger partial charge >= 0.3 is 0 Å². The first-order valence-electron chi connectivity index (χ1n) is 4.27. The number of aliphatic hydroxyl groups excluding tert-OH is 3. The van der Waals surface area contributed by atoms with Crippen LogP contribution in [0.3, 0.4) is 0 Å². The van der Waals surface area contributed by atoms with E-state index < -0.39 is 24.4 Å². The Morgan fingerprint density at radius 2 is 1.67 bits per heavy atom. The van der Waals surface area contributed by atoms with Crippen molar-refractivity contribution >= 4 is 0 Å². The SMILES string of the molecule is CC[C@H]1OC(C)C(O)C(O)C1O. The Kier molecular flexibility index (Phi) is 3.06. The van der Waals surface area contributed by atoms with E-state index in [-0.39, 0.29) is 6.10 Å². The molecular formula is C8H16O4. The molecule has 1 fully saturated rings. The van der Waals surface area contributed by atoms with Gasteiger partial charge in [-0.1, -0.05) is 6.92 Å². The number of aliphatic hydroxyl groups is 3. The molecule has 4 nitrogen and oxygen atoms in total. The summed E-state index contributed by atoms with van der Waals surface area (Å²) in [6.45, 7) is 3.55. The van der Waals surface area contributed by atoms with E-state index in [2.05, 4.69) is 0 Å². The summed E-state index contributed by atoms with van der Waals surface area (Å²) in [4.78, 5) is 0. The lowest BCUT2D eigenvalue weighted by molar-refractivity contribution is -0.217. The highest BCUT2D eigenvalue weighted by Crippen LogP contribution is 2.22. The van der Waals surface area contributed by atoms with E-state index in [1.807, 2.05) is 6.92 Å². The zero-order valence-corrected chi connectivity index (χ0v) is 7.34. The summed E-state index contributed by atoms with van der Waals surface area (Å²) >= 11 is 0. The smallest absolute Gasteiger partial charge is 0.111 e. The average Bonchev–Trinajstić information content (AvgIpc) is 2.08. The molecule has 1 aliphatic heterocycles. The van der Waals surface area contributed by atoms with Crippen molar-refractivity contribution in [3.63, 3.8) is 0 Å². The maximum atomic E-state index is 9.39. The van der Waals surface area contributed by atoms with Crippen molar-refractivity contribution in [1.82, 2.24) is 0 Å². The topological polar surface area (TPSA) is 69.9 Å². The average molecular weight is 176 g/mol. The Balaban J connectivity index is 2.63. The highest BCUT2D eigenvalue weighted by Gasteiger charge is 2.40. The fourth-order valence-corrected chi connectivity index (χ4v) is 1.47. The van der Waals surface area contributed by atoms with Gasteiger partial charge in [0, 0.05) is 0 Å². The molecule has 4 unspecified atom stereocenters. The fraction of sp³-hybridized carbons (Fsp3) is 1.00. The van der Waals surface area contributed by atoms with Gasteiger partial charge in [0.25, 0.3) is 0 Å². The normalized spacial score (nSPS) is 49.2. The van der Waals surface area contributed by atoms with Gasteiger partial charge in [-0.3, -0.25) is 0 Å². The summed E-state index contributed by atoms with van der Waals surface area (Å²) in [5, 5.41) is 28.0. The van der Waals surface area contributed by atoms with Crippen molar-refractivity contribution in [3.8, 4) is 0 Å². The molecule has 1 saturated heterocycles. The summed E-state index contributed by atoms with van der Waals surface area (Å²) in [7, 11) is 0. The highest BCUT2D eigenvalue weighted by molar-refractivity contribution is 4.89. The lowest BCUT2D eigenvalue weighted by Gasteiger charge is -2.39. The second-order valence-corrected chi connectivity index (χ2v) is 3.26. The Morgan fingerprint density at radius 1 is 1.08 bits per heavy atom. The number of hydrogen-bond acceptors (Lipinski definition) is 4. The molecule has 0 aromatic rings. The van der Waals surface area contributed by atoms with E-state index >= 15 is 0 Å². The van der Waals surface area contributed by atoms with Gasteiger partial charge in [0.2, 0.25) is 0 Å². The van der Waals surface area contributed by atoms with Crippen LogP contribution >= 0.6 is 0 Å². The zero-order valence-electron chi connectivity index (χ0n) is 7.34. The lowest BCUT2D eigenvalue weighted by atomic mass is 9.94. The van der Waals surface area contributed by atoms with Crippen LogP contribution in [0.25, 0.3) is 0 Å². The molecular weight excluding hydrogens is 160 g/mol. The Hall–Kier alpha value is -0.160. The van der Waals surface area contributed by atoms with E-state index in [9.17, 15) is 15.3 Å². The zero-order chi connectivity index (χ0) is 9.30. The van der Waals surface area contributed by atoms with Crippen LogP contribution in [-0.2, 0) is 4.74 Å². The van der Waals surface area contributed by atoms with E-state index in [0.29, 0.717) is 6.42 Å². The molecule has 0 radical (unpaired) electrons. The van der Waals surface area contributed by atoms with Crippen LogP contribution in [-0.4, -0.2) is 45.8 Å². The van der Waals surface area contributed by atoms with Gasteiger partial charge in [0.15, 0.2) is 0 Å². The predicted octanol–water partition coefficient (Wildman–Crippen LogP) is -0.734. The second kappa shape index (κ2) is 3.70. The van der Waals surface area contributed by atoms with Crippen LogP contribution in [0, 0.1) is 0 Å². The van der Waals surface area contributed by atoms with E-state index in [1.165, 1.54) is 0 Å². The highest BCUT2D eigenvalue weighted by atomic mass is 16.5. The Bertz CT molecular complexity index is 145. The molecule has 72 valence electrons. The number of hydrogen-bond donors (Lipinski definition) is 3. The molecule has 5 atom stereocenters. The minimum absolute atomic E-state index is 0.363. The Morgan fingerprint density at radius 3 is 2.17 bits per heavy atom. The molecule has 0 aromatic carbocycles. The van der Waals surface area contributed by atoms with Gasteiger partial charge in [0.1, 0.15) is 18.3 Å². The van der Waals surface area contributed by atoms with Crippen molar-refractivity contribution in [1.29, 1.82) is 0 Å². The van der Waals surface area contributed by atoms with Crippen LogP contribution in [0.5, 0.6) is 0 Å². The summed E-state index contributed by atoms with van der Waals surface area (Å²) in [6.07, 6.45) is -3.18. The molecule has 1 rings (SSSR count). The molecule has 12 heavy (non-hydrogen) atoms. The molecule has 1 aliphatic rings. The van der Waals surface area contributed by atoms with Crippen LogP contribution in [0.2, 0.25) is 0 Å². The first-order valence-corrected chi connectivity index (χ1v) is 4.27. The lowest BCUT2D eigenvalue weighted by Crippen LogP contribution is -2.56. The maximum Gasteiger partial charge on any atom is 0.111 e. The van der Waals surface area contributed by atoms with Crippen LogP contribution in [0.4, 0.5) is 0 Å². The molecule has 0 amide bonds. The Labute approximate surface area is 71.8 Å². The summed E-state index contributed by atoms with van der Waals surface area (Å²) in [5.41, 5.74) is 0. The van der Waals surface area contributed by atoms with Crippen LogP contribution in [0.15, 0.2) is 0 Å². The largest absolute Gasteiger partial charge is 0.388 e. The van der Waals surface area contributed by atoms with Gasteiger partial charge in [-0.05, 0) is 13.3 Å². The number of rotatable bonds is 1. The standard InChI is InChI=1S/C8H16O4/c1-3-5-7(10)8(11)6(9)4(2)12-5/h4-11H,3H2,1-2H3/t4?,5-,6?,7?,8?/m1/s1. The van der Waals surface area contributed by atoms with E-state index in [0.717, 1.165) is 0 Å². The van der Waals surface area contributed by atoms with Crippen molar-refractivity contribution in [2.75, 3.05) is 0 Å². The summed E-state index contributed by atoms with van der Waals surface area (Å²) < 4.78 is 5.27. The maximum absolute atomic E-state index is 9.39. The minimum Gasteiger partial charge on any atom is -0.388 e. The minimum atomic E-state index is -1.08. The van der Waals surface area contributed by atoms with Crippen LogP contribution < -0.4 is 0 Å². The molecule has 0 spiro atoms. The van der Waals surface area contributed by atoms with E-state index in [4.69, 9.17) is 4.74 Å². The van der Waals surface area contributed by atoms with Crippen molar-refractivity contribution in [2.45, 2.75) is 50.8 Å². The van der Waals surface area contributed by atoms with Crippen molar-refractivity contribution in [3.05, 3.63) is 0 Å². The van der Waals surface area contributed by atoms with Crippen LogP contribution in [0.1, 0.15) is 20.3 Å². The van der Waals surface area contributed by atoms with Gasteiger partial charge < -0.3 is 20.1 Å². The fourth-order valence-electron chi connectivity index (χ4n) is 1.47. The molecule has 0 bridgehead atoms. The first kappa shape index (κ1) is 9.92. The molecule has 0 aromatic heterocycles. The van der Waals surface area contributed by atoms with Gasteiger partial charge in [-0.15, -0.1) is 0 Å². The monoisotopic (exact) mass is 176 g/mol. The predicted molar refractivity (Wildman–Crippen MR) is 42.6 cm³/mol. The molecule has 0 saturated carbocycles. The first-order chi connectivity index (χ1) is 5.57. The molecule has 0 aliphatic carbocycles. The quantitative estimate of drug-likeness (QED) is 0.492. The summed E-state index contributed by atoms with van der Waals surface area (Å²) in [5.74, 6) is 0. The molecule has 3 N–H and O–H groups in total. The van der Waals surface area contributed by atoms with Crippen molar-refractivity contribution in [2.24, 2.45) is 0 Å². The van der Waals surface area contributed by atoms with Crippen molar-refractivity contribution < 1.29 is 20.1 Å². The third-order valence-electron chi connectivity index (χ3n) is 2.35. The number of ether oxygens (including phenoxy) is 1. The van der Waals surface area contributed by atoms with Gasteiger partial charge in [-0.2, -0.15) is 0 Å². The second-order valence-electron chi connectivity index (χ2n) is 3.26. The third kappa shape index (κ3) is 1.61. The van der Waals surface area contributed by atoms with Gasteiger partial charge in [-0.25, -0.2) is 0 Å². The van der Waals surface area contributed by atoms with E-state index in [1.54, 1.807) is 6.92 Å². The molecule has 4 heteroatoms. The summed E-state index contributed by atoms with van der Waals surface area (Å²) in [6, 6.07) is 0.